The van der Waals surface area contributed by atoms with Gasteiger partial charge >= 0.3 is 0 Å². The molecular weight excluding hydrogens is 235 g/mol. The Kier molecular flexibility index (Phi) is 3.52. The molecule has 0 bridgehead atoms. The van der Waals surface area contributed by atoms with Crippen LogP contribution in [0.1, 0.15) is 17.3 Å². The SMILES string of the molecule is COc1cc(C(=O)N2CC(C)C(N)C2)ccc1F. The van der Waals surface area contributed by atoms with Crippen LogP contribution in [-0.4, -0.2) is 37.0 Å². The minimum Gasteiger partial charge on any atom is -0.494 e. The van der Waals surface area contributed by atoms with Crippen molar-refractivity contribution in [3.05, 3.63) is 29.6 Å². The van der Waals surface area contributed by atoms with Gasteiger partial charge in [-0.3, -0.25) is 4.79 Å². The summed E-state index contributed by atoms with van der Waals surface area (Å²) in [6.07, 6.45) is 0. The van der Waals surface area contributed by atoms with E-state index in [1.165, 1.54) is 25.3 Å². The number of nitrogens with two attached hydrogens (primary N) is 1. The standard InChI is InChI=1S/C13H17FN2O2/c1-8-6-16(7-11(8)15)13(17)9-3-4-10(14)12(5-9)18-2/h3-5,8,11H,6-7,15H2,1-2H3. The Bertz CT molecular complexity index is 454. The predicted octanol–water partition coefficient (Wildman–Crippen LogP) is 1.25. The van der Waals surface area contributed by atoms with Crippen LogP contribution in [0.5, 0.6) is 5.75 Å². The Morgan fingerprint density at radius 3 is 2.78 bits per heavy atom. The number of carbonyl (C=O) groups excluding carboxylic acids is 1. The maximum absolute atomic E-state index is 13.3. The van der Waals surface area contributed by atoms with Crippen LogP contribution in [0.4, 0.5) is 4.39 Å². The van der Waals surface area contributed by atoms with E-state index < -0.39 is 5.82 Å². The highest BCUT2D eigenvalue weighted by Gasteiger charge is 2.30. The molecule has 1 aromatic rings. The van der Waals surface area contributed by atoms with E-state index in [-0.39, 0.29) is 23.6 Å². The molecule has 0 spiro atoms. The highest BCUT2D eigenvalue weighted by Crippen LogP contribution is 2.22. The number of halogens is 1. The molecule has 1 saturated heterocycles. The molecule has 0 aromatic heterocycles. The molecule has 1 heterocycles. The first-order valence-electron chi connectivity index (χ1n) is 5.91. The van der Waals surface area contributed by atoms with E-state index in [9.17, 15) is 9.18 Å². The largest absolute Gasteiger partial charge is 0.494 e. The van der Waals surface area contributed by atoms with Crippen LogP contribution in [0, 0.1) is 11.7 Å². The molecule has 1 aliphatic heterocycles. The van der Waals surface area contributed by atoms with E-state index in [4.69, 9.17) is 10.5 Å². The molecule has 1 aliphatic rings. The van der Waals surface area contributed by atoms with Crippen molar-refractivity contribution in [2.24, 2.45) is 11.7 Å². The van der Waals surface area contributed by atoms with Crippen molar-refractivity contribution in [2.45, 2.75) is 13.0 Å². The van der Waals surface area contributed by atoms with Crippen molar-refractivity contribution in [3.8, 4) is 5.75 Å². The Morgan fingerprint density at radius 2 is 2.22 bits per heavy atom. The summed E-state index contributed by atoms with van der Waals surface area (Å²) in [6.45, 7) is 3.20. The zero-order valence-corrected chi connectivity index (χ0v) is 10.5. The Labute approximate surface area is 106 Å². The highest BCUT2D eigenvalue weighted by molar-refractivity contribution is 5.94. The lowest BCUT2D eigenvalue weighted by molar-refractivity contribution is 0.0786. The molecule has 5 heteroatoms. The fourth-order valence-electron chi connectivity index (χ4n) is 2.13. The van der Waals surface area contributed by atoms with Crippen molar-refractivity contribution in [1.82, 2.24) is 4.90 Å². The summed E-state index contributed by atoms with van der Waals surface area (Å²) in [4.78, 5) is 13.9. The smallest absolute Gasteiger partial charge is 0.254 e. The van der Waals surface area contributed by atoms with Crippen molar-refractivity contribution < 1.29 is 13.9 Å². The second-order valence-electron chi connectivity index (χ2n) is 4.70. The fraction of sp³-hybridized carbons (Fsp3) is 0.462. The Hall–Kier alpha value is -1.62. The quantitative estimate of drug-likeness (QED) is 0.862. The van der Waals surface area contributed by atoms with Gasteiger partial charge in [-0.2, -0.15) is 0 Å². The average Bonchev–Trinajstić information content (AvgIpc) is 2.69. The number of methoxy groups -OCH3 is 1. The van der Waals surface area contributed by atoms with Crippen molar-refractivity contribution in [2.75, 3.05) is 20.2 Å². The molecule has 0 saturated carbocycles. The Balaban J connectivity index is 2.19. The summed E-state index contributed by atoms with van der Waals surface area (Å²) in [5.74, 6) is -0.234. The second kappa shape index (κ2) is 4.94. The maximum Gasteiger partial charge on any atom is 0.254 e. The molecule has 0 radical (unpaired) electrons. The second-order valence-corrected chi connectivity index (χ2v) is 4.70. The number of carbonyl (C=O) groups is 1. The topological polar surface area (TPSA) is 55.6 Å². The molecule has 98 valence electrons. The monoisotopic (exact) mass is 252 g/mol. The first-order chi connectivity index (χ1) is 8.52. The first kappa shape index (κ1) is 12.8. The summed E-state index contributed by atoms with van der Waals surface area (Å²) >= 11 is 0. The van der Waals surface area contributed by atoms with E-state index in [2.05, 4.69) is 0 Å². The Morgan fingerprint density at radius 1 is 1.50 bits per heavy atom. The van der Waals surface area contributed by atoms with Crippen LogP contribution < -0.4 is 10.5 Å². The van der Waals surface area contributed by atoms with Crippen molar-refractivity contribution in [3.63, 3.8) is 0 Å². The number of likely N-dealkylation sites (tertiary alicyclic amines) is 1. The van der Waals surface area contributed by atoms with Gasteiger partial charge in [0, 0.05) is 24.7 Å². The molecule has 2 N–H and O–H groups in total. The molecule has 1 aromatic carbocycles. The van der Waals surface area contributed by atoms with E-state index in [1.807, 2.05) is 6.92 Å². The van der Waals surface area contributed by atoms with Crippen LogP contribution in [0.3, 0.4) is 0 Å². The lowest BCUT2D eigenvalue weighted by Crippen LogP contribution is -2.32. The number of amides is 1. The van der Waals surface area contributed by atoms with Crippen LogP contribution in [0.25, 0.3) is 0 Å². The lowest BCUT2D eigenvalue weighted by Gasteiger charge is -2.16. The van der Waals surface area contributed by atoms with Gasteiger partial charge in [0.1, 0.15) is 0 Å². The molecule has 2 unspecified atom stereocenters. The minimum atomic E-state index is -0.472. The van der Waals surface area contributed by atoms with Gasteiger partial charge in [0.2, 0.25) is 0 Å². The molecule has 1 amide bonds. The normalized spacial score (nSPS) is 23.2. The summed E-state index contributed by atoms with van der Waals surface area (Å²) in [5, 5.41) is 0. The summed E-state index contributed by atoms with van der Waals surface area (Å²) in [6, 6.07) is 4.14. The highest BCUT2D eigenvalue weighted by atomic mass is 19.1. The van der Waals surface area contributed by atoms with Gasteiger partial charge < -0.3 is 15.4 Å². The van der Waals surface area contributed by atoms with Crippen LogP contribution in [0.2, 0.25) is 0 Å². The van der Waals surface area contributed by atoms with Gasteiger partial charge in [-0.15, -0.1) is 0 Å². The maximum atomic E-state index is 13.3. The van der Waals surface area contributed by atoms with E-state index in [0.717, 1.165) is 0 Å². The summed E-state index contributed by atoms with van der Waals surface area (Å²) < 4.78 is 18.1. The first-order valence-corrected chi connectivity index (χ1v) is 5.91. The van der Waals surface area contributed by atoms with Gasteiger partial charge in [0.05, 0.1) is 7.11 Å². The number of benzene rings is 1. The number of rotatable bonds is 2. The lowest BCUT2D eigenvalue weighted by atomic mass is 10.1. The summed E-state index contributed by atoms with van der Waals surface area (Å²) in [5.41, 5.74) is 6.31. The molecule has 18 heavy (non-hydrogen) atoms. The third-order valence-corrected chi connectivity index (χ3v) is 3.36. The zero-order chi connectivity index (χ0) is 13.3. The van der Waals surface area contributed by atoms with Crippen LogP contribution in [0.15, 0.2) is 18.2 Å². The molecule has 2 rings (SSSR count). The average molecular weight is 252 g/mol. The van der Waals surface area contributed by atoms with Gasteiger partial charge in [-0.25, -0.2) is 4.39 Å². The van der Waals surface area contributed by atoms with E-state index in [1.54, 1.807) is 4.90 Å². The minimum absolute atomic E-state index is 0.0105. The van der Waals surface area contributed by atoms with Gasteiger partial charge in [0.25, 0.3) is 5.91 Å². The third kappa shape index (κ3) is 2.31. The molecule has 2 atom stereocenters. The number of ether oxygens (including phenoxy) is 1. The summed E-state index contributed by atoms with van der Waals surface area (Å²) in [7, 11) is 1.38. The third-order valence-electron chi connectivity index (χ3n) is 3.36. The van der Waals surface area contributed by atoms with Gasteiger partial charge in [0.15, 0.2) is 11.6 Å². The molecule has 0 aliphatic carbocycles. The predicted molar refractivity (Wildman–Crippen MR) is 66.0 cm³/mol. The van der Waals surface area contributed by atoms with Gasteiger partial charge in [-0.1, -0.05) is 6.92 Å². The number of hydrogen-bond donors (Lipinski definition) is 1. The van der Waals surface area contributed by atoms with Crippen molar-refractivity contribution in [1.29, 1.82) is 0 Å². The zero-order valence-electron chi connectivity index (χ0n) is 10.5. The van der Waals surface area contributed by atoms with E-state index in [0.29, 0.717) is 18.7 Å². The molecule has 1 fully saturated rings. The molecular formula is C13H17FN2O2. The number of nitrogens with zero attached hydrogens (tertiary/aromatic N) is 1. The number of hydrogen-bond acceptors (Lipinski definition) is 3. The van der Waals surface area contributed by atoms with Gasteiger partial charge in [-0.05, 0) is 24.1 Å². The van der Waals surface area contributed by atoms with Crippen LogP contribution >= 0.6 is 0 Å². The van der Waals surface area contributed by atoms with Crippen LogP contribution in [-0.2, 0) is 0 Å². The van der Waals surface area contributed by atoms with E-state index >= 15 is 0 Å². The molecule has 4 nitrogen and oxygen atoms in total. The van der Waals surface area contributed by atoms with Crippen molar-refractivity contribution >= 4 is 5.91 Å². The fourth-order valence-corrected chi connectivity index (χ4v) is 2.13.